The van der Waals surface area contributed by atoms with Crippen molar-refractivity contribution in [2.24, 2.45) is 0 Å². The molecule has 2 aromatic rings. The van der Waals surface area contributed by atoms with Gasteiger partial charge in [0.15, 0.2) is 17.7 Å². The van der Waals surface area contributed by atoms with E-state index in [1.807, 2.05) is 0 Å². The highest BCUT2D eigenvalue weighted by Gasteiger charge is 2.38. The van der Waals surface area contributed by atoms with Gasteiger partial charge in [0, 0.05) is 13.1 Å². The van der Waals surface area contributed by atoms with E-state index in [1.54, 1.807) is 30.3 Å². The van der Waals surface area contributed by atoms with Crippen LogP contribution in [-0.4, -0.2) is 25.8 Å². The Hall–Kier alpha value is -2.12. The van der Waals surface area contributed by atoms with Gasteiger partial charge in [-0.3, -0.25) is 0 Å². The summed E-state index contributed by atoms with van der Waals surface area (Å²) in [6.45, 7) is 1.45. The van der Waals surface area contributed by atoms with Crippen LogP contribution in [0.5, 0.6) is 5.75 Å². The molecule has 25 heavy (non-hydrogen) atoms. The average molecular weight is 355 g/mol. The number of hydrogen-bond acceptors (Lipinski definition) is 3. The lowest BCUT2D eigenvalue weighted by molar-refractivity contribution is -0.140. The first-order valence-electron chi connectivity index (χ1n) is 7.86. The molecule has 0 aliphatic carbocycles. The van der Waals surface area contributed by atoms with Gasteiger partial charge in [-0.1, -0.05) is 36.4 Å². The van der Waals surface area contributed by atoms with Crippen LogP contribution in [0.25, 0.3) is 0 Å². The molecule has 0 radical (unpaired) electrons. The zero-order valence-corrected chi connectivity index (χ0v) is 13.2. The summed E-state index contributed by atoms with van der Waals surface area (Å²) in [4.78, 5) is 0. The minimum Gasteiger partial charge on any atom is -0.479 e. The molecule has 0 saturated carbocycles. The summed E-state index contributed by atoms with van der Waals surface area (Å²) >= 11 is 0. The zero-order valence-electron chi connectivity index (χ0n) is 13.2. The summed E-state index contributed by atoms with van der Waals surface area (Å²) in [7, 11) is 0. The Morgan fingerprint density at radius 2 is 1.84 bits per heavy atom. The highest BCUT2D eigenvalue weighted by molar-refractivity contribution is 5.38. The molecule has 2 aromatic carbocycles. The molecule has 1 aliphatic rings. The van der Waals surface area contributed by atoms with Crippen molar-refractivity contribution in [3.63, 3.8) is 0 Å². The molecule has 1 N–H and O–H groups in total. The molecule has 7 heteroatoms. The van der Waals surface area contributed by atoms with Crippen LogP contribution in [0.1, 0.15) is 17.2 Å². The average Bonchev–Trinajstić information content (AvgIpc) is 2.61. The van der Waals surface area contributed by atoms with E-state index >= 15 is 0 Å². The number of para-hydroxylation sites is 1. The number of nitrogens with one attached hydrogen (secondary N) is 1. The van der Waals surface area contributed by atoms with Gasteiger partial charge in [0.25, 0.3) is 0 Å². The number of halogens is 4. The maximum atomic E-state index is 14.1. The molecule has 0 bridgehead atoms. The Bertz CT molecular complexity index is 700. The maximum Gasteiger partial charge on any atom is 0.420 e. The van der Waals surface area contributed by atoms with Gasteiger partial charge in [-0.25, -0.2) is 4.39 Å². The van der Waals surface area contributed by atoms with Crippen LogP contribution in [0, 0.1) is 5.82 Å². The summed E-state index contributed by atoms with van der Waals surface area (Å²) in [6, 6.07) is 11.5. The van der Waals surface area contributed by atoms with E-state index in [0.29, 0.717) is 25.3 Å². The zero-order chi connectivity index (χ0) is 17.9. The smallest absolute Gasteiger partial charge is 0.420 e. The fraction of sp³-hybridized carbons (Fsp3) is 0.333. The van der Waals surface area contributed by atoms with Gasteiger partial charge in [-0.05, 0) is 17.7 Å². The van der Waals surface area contributed by atoms with Crippen LogP contribution >= 0.6 is 0 Å². The maximum absolute atomic E-state index is 14.1. The molecule has 3 nitrogen and oxygen atoms in total. The van der Waals surface area contributed by atoms with Gasteiger partial charge in [0.1, 0.15) is 11.7 Å². The molecule has 134 valence electrons. The molecule has 3 rings (SSSR count). The molecule has 0 spiro atoms. The molecule has 1 saturated heterocycles. The first-order chi connectivity index (χ1) is 12.0. The normalized spacial score (nSPS) is 19.4. The van der Waals surface area contributed by atoms with Gasteiger partial charge in [0.05, 0.1) is 6.61 Å². The number of alkyl halides is 3. The summed E-state index contributed by atoms with van der Waals surface area (Å²) < 4.78 is 65.1. The predicted octanol–water partition coefficient (Wildman–Crippen LogP) is 3.95. The van der Waals surface area contributed by atoms with E-state index in [4.69, 9.17) is 9.47 Å². The lowest BCUT2D eigenvalue weighted by atomic mass is 10.0. The highest BCUT2D eigenvalue weighted by atomic mass is 19.4. The number of rotatable bonds is 4. The van der Waals surface area contributed by atoms with Crippen molar-refractivity contribution in [2.75, 3.05) is 19.7 Å². The van der Waals surface area contributed by atoms with Crippen molar-refractivity contribution in [3.8, 4) is 5.75 Å². The standard InChI is InChI=1S/C18H17F4NO2/c19-14-8-4-7-13(18(20,21)22)17(14)25-16(12-5-2-1-3-6-12)15-11-23-9-10-24-15/h1-8,15-16,23H,9-11H2/t15-,16?/m0/s1. The van der Waals surface area contributed by atoms with Gasteiger partial charge in [-0.15, -0.1) is 0 Å². The fourth-order valence-electron chi connectivity index (χ4n) is 2.76. The first-order valence-corrected chi connectivity index (χ1v) is 7.86. The Morgan fingerprint density at radius 3 is 2.48 bits per heavy atom. The first kappa shape index (κ1) is 17.7. The van der Waals surface area contributed by atoms with Crippen molar-refractivity contribution in [1.82, 2.24) is 5.32 Å². The molecule has 1 fully saturated rings. The van der Waals surface area contributed by atoms with Crippen molar-refractivity contribution in [2.45, 2.75) is 18.4 Å². The van der Waals surface area contributed by atoms with Crippen molar-refractivity contribution in [3.05, 3.63) is 65.5 Å². The monoisotopic (exact) mass is 355 g/mol. The summed E-state index contributed by atoms with van der Waals surface area (Å²) in [5, 5.41) is 3.11. The van der Waals surface area contributed by atoms with Crippen molar-refractivity contribution >= 4 is 0 Å². The van der Waals surface area contributed by atoms with Crippen LogP contribution in [-0.2, 0) is 10.9 Å². The molecular formula is C18H17F4NO2. The van der Waals surface area contributed by atoms with E-state index in [2.05, 4.69) is 5.32 Å². The largest absolute Gasteiger partial charge is 0.479 e. The van der Waals surface area contributed by atoms with E-state index in [1.165, 1.54) is 0 Å². The molecule has 2 atom stereocenters. The Labute approximate surface area is 142 Å². The Morgan fingerprint density at radius 1 is 1.08 bits per heavy atom. The van der Waals surface area contributed by atoms with Crippen LogP contribution in [0.15, 0.2) is 48.5 Å². The second-order valence-corrected chi connectivity index (χ2v) is 5.68. The van der Waals surface area contributed by atoms with Gasteiger partial charge in [-0.2, -0.15) is 13.2 Å². The lowest BCUT2D eigenvalue weighted by Gasteiger charge is -2.32. The number of benzene rings is 2. The van der Waals surface area contributed by atoms with Crippen LogP contribution in [0.3, 0.4) is 0 Å². The predicted molar refractivity (Wildman–Crippen MR) is 83.8 cm³/mol. The lowest BCUT2D eigenvalue weighted by Crippen LogP contribution is -2.43. The van der Waals surface area contributed by atoms with Crippen LogP contribution < -0.4 is 10.1 Å². The van der Waals surface area contributed by atoms with Gasteiger partial charge in [0.2, 0.25) is 0 Å². The molecule has 1 heterocycles. The van der Waals surface area contributed by atoms with Crippen LogP contribution in [0.4, 0.5) is 17.6 Å². The summed E-state index contributed by atoms with van der Waals surface area (Å²) in [6.07, 6.45) is -6.12. The molecular weight excluding hydrogens is 338 g/mol. The number of ether oxygens (including phenoxy) is 2. The second kappa shape index (κ2) is 7.41. The third-order valence-corrected chi connectivity index (χ3v) is 3.94. The highest BCUT2D eigenvalue weighted by Crippen LogP contribution is 2.40. The third-order valence-electron chi connectivity index (χ3n) is 3.94. The quantitative estimate of drug-likeness (QED) is 0.843. The van der Waals surface area contributed by atoms with E-state index in [9.17, 15) is 17.6 Å². The van der Waals surface area contributed by atoms with E-state index < -0.39 is 35.5 Å². The van der Waals surface area contributed by atoms with Crippen molar-refractivity contribution in [1.29, 1.82) is 0 Å². The molecule has 1 unspecified atom stereocenters. The van der Waals surface area contributed by atoms with Gasteiger partial charge >= 0.3 is 6.18 Å². The van der Waals surface area contributed by atoms with Crippen LogP contribution in [0.2, 0.25) is 0 Å². The molecule has 0 amide bonds. The van der Waals surface area contributed by atoms with E-state index in [0.717, 1.165) is 18.2 Å². The van der Waals surface area contributed by atoms with Gasteiger partial charge < -0.3 is 14.8 Å². The molecule has 0 aromatic heterocycles. The minimum atomic E-state index is -4.72. The number of hydrogen-bond donors (Lipinski definition) is 1. The van der Waals surface area contributed by atoms with Crippen molar-refractivity contribution < 1.29 is 27.0 Å². The third kappa shape index (κ3) is 4.11. The summed E-state index contributed by atoms with van der Waals surface area (Å²) in [5.74, 6) is -1.86. The minimum absolute atomic E-state index is 0.398. The SMILES string of the molecule is Fc1cccc(C(F)(F)F)c1OC(c1ccccc1)[C@@H]1CNCCO1. The Kier molecular flexibility index (Phi) is 5.24. The fourth-order valence-corrected chi connectivity index (χ4v) is 2.76. The Balaban J connectivity index is 1.99. The summed E-state index contributed by atoms with van der Waals surface area (Å²) in [5.41, 5.74) is -0.523. The second-order valence-electron chi connectivity index (χ2n) is 5.68. The topological polar surface area (TPSA) is 30.5 Å². The van der Waals surface area contributed by atoms with E-state index in [-0.39, 0.29) is 0 Å². The molecule has 1 aliphatic heterocycles. The number of morpholine rings is 1.